The Labute approximate surface area is 124 Å². The number of halogens is 2. The summed E-state index contributed by atoms with van der Waals surface area (Å²) in [5.74, 6) is -1.54. The molecular formula is C16H22F2N2O. The molecule has 1 aromatic carbocycles. The number of nitrogens with zero attached hydrogens (tertiary/aromatic N) is 1. The SMILES string of the molecule is CCC1CN(C(=O)Cc2cccc(F)c2F)CCC1NC. The number of hydrogen-bond donors (Lipinski definition) is 1. The van der Waals surface area contributed by atoms with E-state index in [1.807, 2.05) is 7.05 Å². The molecule has 1 heterocycles. The van der Waals surface area contributed by atoms with E-state index < -0.39 is 11.6 Å². The Morgan fingerprint density at radius 2 is 2.19 bits per heavy atom. The van der Waals surface area contributed by atoms with E-state index >= 15 is 0 Å². The van der Waals surface area contributed by atoms with Gasteiger partial charge in [0.15, 0.2) is 11.6 Å². The molecule has 1 aromatic rings. The summed E-state index contributed by atoms with van der Waals surface area (Å²) in [6.45, 7) is 3.45. The Hall–Kier alpha value is -1.49. The topological polar surface area (TPSA) is 32.3 Å². The number of amides is 1. The molecule has 1 fully saturated rings. The maximum absolute atomic E-state index is 13.6. The molecule has 2 rings (SSSR count). The minimum Gasteiger partial charge on any atom is -0.342 e. The van der Waals surface area contributed by atoms with Gasteiger partial charge in [-0.05, 0) is 25.5 Å². The Balaban J connectivity index is 2.02. The monoisotopic (exact) mass is 296 g/mol. The molecule has 3 nitrogen and oxygen atoms in total. The third-order valence-corrected chi connectivity index (χ3v) is 4.36. The first-order valence-corrected chi connectivity index (χ1v) is 7.44. The van der Waals surface area contributed by atoms with E-state index in [1.165, 1.54) is 12.1 Å². The average Bonchev–Trinajstić information content (AvgIpc) is 2.51. The first-order valence-electron chi connectivity index (χ1n) is 7.44. The number of piperidine rings is 1. The standard InChI is InChI=1S/C16H22F2N2O/c1-3-11-10-20(8-7-14(11)19-2)15(21)9-12-5-4-6-13(17)16(12)18/h4-6,11,14,19H,3,7-10H2,1-2H3. The first kappa shape index (κ1) is 15.9. The van der Waals surface area contributed by atoms with Crippen LogP contribution in [0.5, 0.6) is 0 Å². The maximum atomic E-state index is 13.6. The maximum Gasteiger partial charge on any atom is 0.227 e. The molecule has 1 aliphatic rings. The van der Waals surface area contributed by atoms with Gasteiger partial charge < -0.3 is 10.2 Å². The number of benzene rings is 1. The largest absolute Gasteiger partial charge is 0.342 e. The van der Waals surface area contributed by atoms with Crippen molar-refractivity contribution in [2.75, 3.05) is 20.1 Å². The molecule has 0 aliphatic carbocycles. The summed E-state index contributed by atoms with van der Waals surface area (Å²) in [4.78, 5) is 14.1. The quantitative estimate of drug-likeness (QED) is 0.925. The number of rotatable bonds is 4. The first-order chi connectivity index (χ1) is 10.1. The third kappa shape index (κ3) is 3.59. The second kappa shape index (κ2) is 6.98. The van der Waals surface area contributed by atoms with Gasteiger partial charge in [-0.25, -0.2) is 8.78 Å². The zero-order chi connectivity index (χ0) is 15.4. The summed E-state index contributed by atoms with van der Waals surface area (Å²) in [7, 11) is 1.94. The molecule has 0 spiro atoms. The molecule has 5 heteroatoms. The molecule has 0 saturated carbocycles. The highest BCUT2D eigenvalue weighted by Gasteiger charge is 2.29. The van der Waals surface area contributed by atoms with Crippen LogP contribution in [-0.4, -0.2) is 37.0 Å². The van der Waals surface area contributed by atoms with Gasteiger partial charge in [-0.1, -0.05) is 25.5 Å². The highest BCUT2D eigenvalue weighted by molar-refractivity contribution is 5.79. The van der Waals surface area contributed by atoms with Gasteiger partial charge >= 0.3 is 0 Å². The molecule has 1 N–H and O–H groups in total. The number of nitrogens with one attached hydrogen (secondary N) is 1. The van der Waals surface area contributed by atoms with E-state index in [1.54, 1.807) is 4.90 Å². The molecule has 2 atom stereocenters. The van der Waals surface area contributed by atoms with E-state index in [0.717, 1.165) is 18.9 Å². The Kier molecular flexibility index (Phi) is 5.28. The van der Waals surface area contributed by atoms with Crippen LogP contribution in [0.15, 0.2) is 18.2 Å². The van der Waals surface area contributed by atoms with Crippen LogP contribution in [0.25, 0.3) is 0 Å². The lowest BCUT2D eigenvalue weighted by atomic mass is 9.90. The summed E-state index contributed by atoms with van der Waals surface area (Å²) >= 11 is 0. The smallest absolute Gasteiger partial charge is 0.227 e. The van der Waals surface area contributed by atoms with Crippen molar-refractivity contribution >= 4 is 5.91 Å². The summed E-state index contributed by atoms with van der Waals surface area (Å²) in [6, 6.07) is 4.39. The molecule has 0 aromatic heterocycles. The van der Waals surface area contributed by atoms with Gasteiger partial charge in [0.1, 0.15) is 0 Å². The van der Waals surface area contributed by atoms with Crippen molar-refractivity contribution in [3.8, 4) is 0 Å². The zero-order valence-electron chi connectivity index (χ0n) is 12.5. The molecule has 0 radical (unpaired) electrons. The van der Waals surface area contributed by atoms with Crippen molar-refractivity contribution in [2.45, 2.75) is 32.2 Å². The fourth-order valence-corrected chi connectivity index (χ4v) is 3.01. The van der Waals surface area contributed by atoms with Crippen molar-refractivity contribution in [2.24, 2.45) is 5.92 Å². The van der Waals surface area contributed by atoms with Crippen molar-refractivity contribution in [1.29, 1.82) is 0 Å². The molecule has 1 saturated heterocycles. The minimum atomic E-state index is -0.914. The fourth-order valence-electron chi connectivity index (χ4n) is 3.01. The van der Waals surface area contributed by atoms with Crippen LogP contribution in [0.1, 0.15) is 25.3 Å². The Morgan fingerprint density at radius 1 is 1.43 bits per heavy atom. The Bertz CT molecular complexity index is 507. The zero-order valence-corrected chi connectivity index (χ0v) is 12.5. The van der Waals surface area contributed by atoms with Crippen LogP contribution in [0.3, 0.4) is 0 Å². The molecule has 0 bridgehead atoms. The summed E-state index contributed by atoms with van der Waals surface area (Å²) in [5.41, 5.74) is 0.129. The summed E-state index contributed by atoms with van der Waals surface area (Å²) in [5, 5.41) is 3.28. The summed E-state index contributed by atoms with van der Waals surface area (Å²) in [6.07, 6.45) is 1.81. The van der Waals surface area contributed by atoms with Gasteiger partial charge in [0, 0.05) is 24.7 Å². The van der Waals surface area contributed by atoms with Gasteiger partial charge in [-0.3, -0.25) is 4.79 Å². The number of carbonyl (C=O) groups excluding carboxylic acids is 1. The van der Waals surface area contributed by atoms with E-state index in [4.69, 9.17) is 0 Å². The Morgan fingerprint density at radius 3 is 2.86 bits per heavy atom. The van der Waals surface area contributed by atoms with E-state index in [9.17, 15) is 13.6 Å². The van der Waals surface area contributed by atoms with Crippen molar-refractivity contribution in [3.05, 3.63) is 35.4 Å². The second-order valence-corrected chi connectivity index (χ2v) is 5.58. The molecule has 2 unspecified atom stereocenters. The second-order valence-electron chi connectivity index (χ2n) is 5.58. The lowest BCUT2D eigenvalue weighted by Crippen LogP contribution is -2.50. The molecule has 21 heavy (non-hydrogen) atoms. The van der Waals surface area contributed by atoms with Crippen LogP contribution < -0.4 is 5.32 Å². The number of hydrogen-bond acceptors (Lipinski definition) is 2. The third-order valence-electron chi connectivity index (χ3n) is 4.36. The highest BCUT2D eigenvalue weighted by atomic mass is 19.2. The lowest BCUT2D eigenvalue weighted by Gasteiger charge is -2.38. The normalized spacial score (nSPS) is 22.4. The van der Waals surface area contributed by atoms with Gasteiger partial charge in [-0.2, -0.15) is 0 Å². The predicted molar refractivity (Wildman–Crippen MR) is 77.9 cm³/mol. The van der Waals surface area contributed by atoms with E-state index in [0.29, 0.717) is 25.0 Å². The lowest BCUT2D eigenvalue weighted by molar-refractivity contribution is -0.132. The minimum absolute atomic E-state index is 0.0791. The van der Waals surface area contributed by atoms with Gasteiger partial charge in [0.25, 0.3) is 0 Å². The van der Waals surface area contributed by atoms with E-state index in [2.05, 4.69) is 12.2 Å². The van der Waals surface area contributed by atoms with Crippen molar-refractivity contribution < 1.29 is 13.6 Å². The van der Waals surface area contributed by atoms with Crippen LogP contribution >= 0.6 is 0 Å². The van der Waals surface area contributed by atoms with Crippen LogP contribution in [0.2, 0.25) is 0 Å². The van der Waals surface area contributed by atoms with Gasteiger partial charge in [0.05, 0.1) is 6.42 Å². The fraction of sp³-hybridized carbons (Fsp3) is 0.562. The van der Waals surface area contributed by atoms with E-state index in [-0.39, 0.29) is 17.9 Å². The van der Waals surface area contributed by atoms with Crippen LogP contribution in [0.4, 0.5) is 8.78 Å². The predicted octanol–water partition coefficient (Wildman–Crippen LogP) is 2.35. The molecule has 116 valence electrons. The number of carbonyl (C=O) groups is 1. The van der Waals surface area contributed by atoms with Crippen LogP contribution in [0, 0.1) is 17.6 Å². The van der Waals surface area contributed by atoms with Crippen molar-refractivity contribution in [1.82, 2.24) is 10.2 Å². The van der Waals surface area contributed by atoms with Crippen LogP contribution in [-0.2, 0) is 11.2 Å². The summed E-state index contributed by atoms with van der Waals surface area (Å²) < 4.78 is 26.8. The molecule has 1 amide bonds. The molecule has 1 aliphatic heterocycles. The van der Waals surface area contributed by atoms with Gasteiger partial charge in [0.2, 0.25) is 5.91 Å². The highest BCUT2D eigenvalue weighted by Crippen LogP contribution is 2.21. The molecular weight excluding hydrogens is 274 g/mol. The van der Waals surface area contributed by atoms with Crippen molar-refractivity contribution in [3.63, 3.8) is 0 Å². The van der Waals surface area contributed by atoms with Gasteiger partial charge in [-0.15, -0.1) is 0 Å². The number of likely N-dealkylation sites (tertiary alicyclic amines) is 1. The average molecular weight is 296 g/mol.